The zero-order valence-corrected chi connectivity index (χ0v) is 8.90. The minimum absolute atomic E-state index is 0.0105. The SMILES string of the molecule is CC1=CC(=O)[C@@H](c2ccccc2)[C@]1(C)O. The number of benzene rings is 1. The van der Waals surface area contributed by atoms with Gasteiger partial charge in [-0.05, 0) is 31.1 Å². The molecule has 1 aromatic carbocycles. The smallest absolute Gasteiger partial charge is 0.166 e. The van der Waals surface area contributed by atoms with Crippen LogP contribution in [0.3, 0.4) is 0 Å². The van der Waals surface area contributed by atoms with Gasteiger partial charge in [-0.25, -0.2) is 0 Å². The Morgan fingerprint density at radius 3 is 2.33 bits per heavy atom. The second kappa shape index (κ2) is 3.31. The first-order chi connectivity index (χ1) is 7.03. The first kappa shape index (κ1) is 10.1. The fraction of sp³-hybridized carbons (Fsp3) is 0.308. The van der Waals surface area contributed by atoms with E-state index in [2.05, 4.69) is 0 Å². The number of hydrogen-bond donors (Lipinski definition) is 1. The maximum absolute atomic E-state index is 11.8. The lowest BCUT2D eigenvalue weighted by Gasteiger charge is -2.27. The highest BCUT2D eigenvalue weighted by Gasteiger charge is 2.43. The number of allylic oxidation sites excluding steroid dienone is 1. The molecule has 1 aliphatic carbocycles. The third-order valence-corrected chi connectivity index (χ3v) is 3.14. The largest absolute Gasteiger partial charge is 0.385 e. The van der Waals surface area contributed by atoms with Crippen molar-refractivity contribution in [2.75, 3.05) is 0 Å². The van der Waals surface area contributed by atoms with Gasteiger partial charge in [0, 0.05) is 0 Å². The van der Waals surface area contributed by atoms with Crippen LogP contribution in [0.2, 0.25) is 0 Å². The van der Waals surface area contributed by atoms with Gasteiger partial charge >= 0.3 is 0 Å². The molecule has 0 aliphatic heterocycles. The molecule has 1 N–H and O–H groups in total. The molecule has 1 aromatic rings. The molecule has 0 saturated heterocycles. The van der Waals surface area contributed by atoms with Gasteiger partial charge in [-0.1, -0.05) is 30.3 Å². The molecular formula is C13H14O2. The van der Waals surface area contributed by atoms with E-state index >= 15 is 0 Å². The van der Waals surface area contributed by atoms with Gasteiger partial charge in [0.05, 0.1) is 11.5 Å². The van der Waals surface area contributed by atoms with Crippen LogP contribution in [0.5, 0.6) is 0 Å². The third-order valence-electron chi connectivity index (χ3n) is 3.14. The van der Waals surface area contributed by atoms with Gasteiger partial charge in [-0.15, -0.1) is 0 Å². The minimum atomic E-state index is -1.04. The normalized spacial score (nSPS) is 30.5. The van der Waals surface area contributed by atoms with E-state index in [0.29, 0.717) is 0 Å². The van der Waals surface area contributed by atoms with Crippen molar-refractivity contribution in [3.05, 3.63) is 47.5 Å². The van der Waals surface area contributed by atoms with Crippen LogP contribution in [0.1, 0.15) is 25.3 Å². The van der Waals surface area contributed by atoms with Crippen molar-refractivity contribution in [3.63, 3.8) is 0 Å². The zero-order chi connectivity index (χ0) is 11.1. The van der Waals surface area contributed by atoms with Crippen LogP contribution in [-0.2, 0) is 4.79 Å². The van der Waals surface area contributed by atoms with Crippen LogP contribution in [0.4, 0.5) is 0 Å². The van der Waals surface area contributed by atoms with Crippen molar-refractivity contribution in [1.29, 1.82) is 0 Å². The van der Waals surface area contributed by atoms with Crippen LogP contribution in [0.25, 0.3) is 0 Å². The predicted octanol–water partition coefficient (Wildman–Crippen LogP) is 2.05. The van der Waals surface area contributed by atoms with Crippen molar-refractivity contribution in [3.8, 4) is 0 Å². The molecule has 2 atom stereocenters. The Hall–Kier alpha value is -1.41. The van der Waals surface area contributed by atoms with E-state index in [1.165, 1.54) is 6.08 Å². The van der Waals surface area contributed by atoms with Crippen LogP contribution in [0, 0.1) is 0 Å². The molecule has 0 saturated carbocycles. The standard InChI is InChI=1S/C13H14O2/c1-9-8-11(14)12(13(9,2)15)10-6-4-3-5-7-10/h3-8,12,15H,1-2H3/t12-,13-/m1/s1. The van der Waals surface area contributed by atoms with Crippen molar-refractivity contribution in [2.45, 2.75) is 25.4 Å². The van der Waals surface area contributed by atoms with Crippen LogP contribution < -0.4 is 0 Å². The van der Waals surface area contributed by atoms with E-state index in [4.69, 9.17) is 0 Å². The van der Waals surface area contributed by atoms with Crippen LogP contribution in [0.15, 0.2) is 42.0 Å². The second-order valence-corrected chi connectivity index (χ2v) is 4.22. The molecule has 2 heteroatoms. The summed E-state index contributed by atoms with van der Waals surface area (Å²) in [5, 5.41) is 10.3. The summed E-state index contributed by atoms with van der Waals surface area (Å²) >= 11 is 0. The first-order valence-corrected chi connectivity index (χ1v) is 5.03. The summed E-state index contributed by atoms with van der Waals surface area (Å²) in [6, 6.07) is 9.42. The molecule has 0 heterocycles. The molecule has 78 valence electrons. The molecule has 0 unspecified atom stereocenters. The second-order valence-electron chi connectivity index (χ2n) is 4.22. The highest BCUT2D eigenvalue weighted by atomic mass is 16.3. The van der Waals surface area contributed by atoms with Crippen molar-refractivity contribution in [1.82, 2.24) is 0 Å². The lowest BCUT2D eigenvalue weighted by atomic mass is 9.83. The van der Waals surface area contributed by atoms with Gasteiger partial charge in [0.25, 0.3) is 0 Å². The van der Waals surface area contributed by atoms with Gasteiger partial charge in [0.15, 0.2) is 5.78 Å². The number of rotatable bonds is 1. The van der Waals surface area contributed by atoms with Crippen molar-refractivity contribution < 1.29 is 9.90 Å². The van der Waals surface area contributed by atoms with E-state index in [1.807, 2.05) is 30.3 Å². The number of carbonyl (C=O) groups excluding carboxylic acids is 1. The lowest BCUT2D eigenvalue weighted by molar-refractivity contribution is -0.118. The maximum Gasteiger partial charge on any atom is 0.166 e. The Kier molecular flexibility index (Phi) is 2.24. The van der Waals surface area contributed by atoms with Gasteiger partial charge in [-0.3, -0.25) is 4.79 Å². The van der Waals surface area contributed by atoms with Gasteiger partial charge in [-0.2, -0.15) is 0 Å². The molecule has 0 amide bonds. The minimum Gasteiger partial charge on any atom is -0.385 e. The number of carbonyl (C=O) groups is 1. The summed E-state index contributed by atoms with van der Waals surface area (Å²) in [4.78, 5) is 11.8. The van der Waals surface area contributed by atoms with E-state index in [1.54, 1.807) is 13.8 Å². The molecule has 0 radical (unpaired) electrons. The molecule has 1 aliphatic rings. The topological polar surface area (TPSA) is 37.3 Å². The van der Waals surface area contributed by atoms with Crippen molar-refractivity contribution in [2.24, 2.45) is 0 Å². The van der Waals surface area contributed by atoms with Crippen molar-refractivity contribution >= 4 is 5.78 Å². The Balaban J connectivity index is 2.45. The first-order valence-electron chi connectivity index (χ1n) is 5.03. The maximum atomic E-state index is 11.8. The molecule has 0 fully saturated rings. The van der Waals surface area contributed by atoms with Crippen LogP contribution >= 0.6 is 0 Å². The molecule has 2 nitrogen and oxygen atoms in total. The lowest BCUT2D eigenvalue weighted by Crippen LogP contribution is -2.32. The van der Waals surface area contributed by atoms with Gasteiger partial charge in [0.2, 0.25) is 0 Å². The number of hydrogen-bond acceptors (Lipinski definition) is 2. The fourth-order valence-electron chi connectivity index (χ4n) is 2.08. The summed E-state index contributed by atoms with van der Waals surface area (Å²) < 4.78 is 0. The molecular weight excluding hydrogens is 188 g/mol. The number of aliphatic hydroxyl groups is 1. The molecule has 15 heavy (non-hydrogen) atoms. The Labute approximate surface area is 89.2 Å². The highest BCUT2D eigenvalue weighted by molar-refractivity contribution is 6.00. The Morgan fingerprint density at radius 1 is 1.27 bits per heavy atom. The molecule has 2 rings (SSSR count). The summed E-state index contributed by atoms with van der Waals surface area (Å²) in [6.45, 7) is 3.49. The third kappa shape index (κ3) is 1.51. The Bertz CT molecular complexity index is 415. The predicted molar refractivity (Wildman–Crippen MR) is 58.6 cm³/mol. The monoisotopic (exact) mass is 202 g/mol. The average molecular weight is 202 g/mol. The van der Waals surface area contributed by atoms with E-state index in [-0.39, 0.29) is 5.78 Å². The van der Waals surface area contributed by atoms with E-state index < -0.39 is 11.5 Å². The molecule has 0 aromatic heterocycles. The summed E-state index contributed by atoms with van der Waals surface area (Å²) in [7, 11) is 0. The van der Waals surface area contributed by atoms with Crippen LogP contribution in [-0.4, -0.2) is 16.5 Å². The highest BCUT2D eigenvalue weighted by Crippen LogP contribution is 2.39. The average Bonchev–Trinajstić information content (AvgIpc) is 2.37. The van der Waals surface area contributed by atoms with E-state index in [9.17, 15) is 9.90 Å². The summed E-state index contributed by atoms with van der Waals surface area (Å²) in [5.41, 5.74) is 0.570. The molecule has 0 bridgehead atoms. The fourth-order valence-corrected chi connectivity index (χ4v) is 2.08. The quantitative estimate of drug-likeness (QED) is 0.756. The van der Waals surface area contributed by atoms with Gasteiger partial charge < -0.3 is 5.11 Å². The van der Waals surface area contributed by atoms with Gasteiger partial charge in [0.1, 0.15) is 0 Å². The zero-order valence-electron chi connectivity index (χ0n) is 8.90. The Morgan fingerprint density at radius 2 is 1.87 bits per heavy atom. The summed E-state index contributed by atoms with van der Waals surface area (Å²) in [6.07, 6.45) is 1.54. The number of ketones is 1. The van der Waals surface area contributed by atoms with E-state index in [0.717, 1.165) is 11.1 Å². The molecule has 0 spiro atoms. The summed E-state index contributed by atoms with van der Waals surface area (Å²) in [5.74, 6) is -0.456.